The summed E-state index contributed by atoms with van der Waals surface area (Å²) < 4.78 is 10.7. The average molecular weight is 384 g/mol. The van der Waals surface area contributed by atoms with Crippen molar-refractivity contribution in [2.24, 2.45) is 0 Å². The SMILES string of the molecule is CC(C)(C)OC(=O)N1CC(Br)C[C@H]1C(=O)OCc1ccccc1. The van der Waals surface area contributed by atoms with Crippen LogP contribution in [0, 0.1) is 0 Å². The number of ether oxygens (including phenoxy) is 2. The Hall–Kier alpha value is -1.56. The standard InChI is InChI=1S/C17H22BrNO4/c1-17(2,3)23-16(21)19-10-13(18)9-14(19)15(20)22-11-12-7-5-4-6-8-12/h4-8,13-14H,9-11H2,1-3H3/t13?,14-/m0/s1. The van der Waals surface area contributed by atoms with E-state index in [4.69, 9.17) is 9.47 Å². The molecule has 2 rings (SSSR count). The molecular formula is C17H22BrNO4. The first-order valence-electron chi connectivity index (χ1n) is 7.60. The topological polar surface area (TPSA) is 55.8 Å². The van der Waals surface area contributed by atoms with E-state index in [1.54, 1.807) is 20.8 Å². The normalized spacial score (nSPS) is 21.1. The van der Waals surface area contributed by atoms with Gasteiger partial charge in [0.1, 0.15) is 18.2 Å². The Morgan fingerprint density at radius 1 is 1.26 bits per heavy atom. The van der Waals surface area contributed by atoms with Crippen LogP contribution in [0.15, 0.2) is 30.3 Å². The number of alkyl halides is 1. The first kappa shape index (κ1) is 17.8. The number of likely N-dealkylation sites (tertiary alicyclic amines) is 1. The monoisotopic (exact) mass is 383 g/mol. The van der Waals surface area contributed by atoms with E-state index in [1.807, 2.05) is 30.3 Å². The molecule has 5 nitrogen and oxygen atoms in total. The van der Waals surface area contributed by atoms with Crippen LogP contribution in [-0.2, 0) is 20.9 Å². The molecule has 1 amide bonds. The van der Waals surface area contributed by atoms with E-state index < -0.39 is 23.7 Å². The number of hydrogen-bond acceptors (Lipinski definition) is 4. The fraction of sp³-hybridized carbons (Fsp3) is 0.529. The predicted octanol–water partition coefficient (Wildman–Crippen LogP) is 3.50. The molecule has 0 saturated carbocycles. The van der Waals surface area contributed by atoms with Gasteiger partial charge in [-0.2, -0.15) is 0 Å². The Balaban J connectivity index is 1.98. The smallest absolute Gasteiger partial charge is 0.411 e. The highest BCUT2D eigenvalue weighted by atomic mass is 79.9. The van der Waals surface area contributed by atoms with Crippen LogP contribution in [-0.4, -0.2) is 40.0 Å². The fourth-order valence-electron chi connectivity index (χ4n) is 2.36. The number of carbonyl (C=O) groups excluding carboxylic acids is 2. The second kappa shape index (κ2) is 7.34. The highest BCUT2D eigenvalue weighted by molar-refractivity contribution is 9.09. The van der Waals surface area contributed by atoms with Crippen LogP contribution >= 0.6 is 15.9 Å². The van der Waals surface area contributed by atoms with Crippen LogP contribution in [0.3, 0.4) is 0 Å². The number of hydrogen-bond donors (Lipinski definition) is 0. The fourth-order valence-corrected chi connectivity index (χ4v) is 3.02. The lowest BCUT2D eigenvalue weighted by Crippen LogP contribution is -2.44. The molecule has 1 aliphatic heterocycles. The predicted molar refractivity (Wildman–Crippen MR) is 90.3 cm³/mol. The van der Waals surface area contributed by atoms with Crippen LogP contribution in [0.4, 0.5) is 4.79 Å². The molecule has 1 unspecified atom stereocenters. The van der Waals surface area contributed by atoms with Crippen molar-refractivity contribution in [1.82, 2.24) is 4.90 Å². The van der Waals surface area contributed by atoms with Gasteiger partial charge in [-0.1, -0.05) is 46.3 Å². The summed E-state index contributed by atoms with van der Waals surface area (Å²) in [6.07, 6.45) is 0.0356. The molecule has 126 valence electrons. The average Bonchev–Trinajstić information content (AvgIpc) is 2.86. The Kier molecular flexibility index (Phi) is 5.68. The molecule has 0 N–H and O–H groups in total. The van der Waals surface area contributed by atoms with Crippen molar-refractivity contribution in [2.75, 3.05) is 6.54 Å². The molecule has 1 aromatic carbocycles. The highest BCUT2D eigenvalue weighted by Crippen LogP contribution is 2.26. The maximum absolute atomic E-state index is 12.4. The number of amides is 1. The molecule has 1 aliphatic rings. The van der Waals surface area contributed by atoms with Gasteiger partial charge in [-0.05, 0) is 32.8 Å². The molecule has 0 spiro atoms. The van der Waals surface area contributed by atoms with Gasteiger partial charge in [0.15, 0.2) is 0 Å². The molecule has 0 radical (unpaired) electrons. The summed E-state index contributed by atoms with van der Waals surface area (Å²) in [5, 5.41) is 0. The van der Waals surface area contributed by atoms with E-state index in [1.165, 1.54) is 4.90 Å². The Labute approximate surface area is 145 Å². The van der Waals surface area contributed by atoms with Crippen molar-refractivity contribution in [1.29, 1.82) is 0 Å². The van der Waals surface area contributed by atoms with Gasteiger partial charge in [0.2, 0.25) is 0 Å². The number of esters is 1. The summed E-state index contributed by atoms with van der Waals surface area (Å²) in [4.78, 5) is 26.1. The van der Waals surface area contributed by atoms with E-state index in [-0.39, 0.29) is 11.4 Å². The van der Waals surface area contributed by atoms with Gasteiger partial charge in [-0.15, -0.1) is 0 Å². The van der Waals surface area contributed by atoms with Crippen LogP contribution in [0.25, 0.3) is 0 Å². The van der Waals surface area contributed by atoms with Gasteiger partial charge >= 0.3 is 12.1 Å². The van der Waals surface area contributed by atoms with E-state index in [9.17, 15) is 9.59 Å². The zero-order chi connectivity index (χ0) is 17.0. The van der Waals surface area contributed by atoms with Crippen molar-refractivity contribution in [2.45, 2.75) is 50.3 Å². The second-order valence-corrected chi connectivity index (χ2v) is 7.87. The maximum atomic E-state index is 12.4. The third-order valence-electron chi connectivity index (χ3n) is 3.37. The third-order valence-corrected chi connectivity index (χ3v) is 4.04. The van der Waals surface area contributed by atoms with Crippen molar-refractivity contribution < 1.29 is 19.1 Å². The second-order valence-electron chi connectivity index (χ2n) is 6.57. The molecular weight excluding hydrogens is 362 g/mol. The first-order valence-corrected chi connectivity index (χ1v) is 8.52. The van der Waals surface area contributed by atoms with Crippen molar-refractivity contribution >= 4 is 28.0 Å². The van der Waals surface area contributed by atoms with Gasteiger partial charge in [0.25, 0.3) is 0 Å². The largest absolute Gasteiger partial charge is 0.459 e. The van der Waals surface area contributed by atoms with Crippen LogP contribution in [0.2, 0.25) is 0 Å². The lowest BCUT2D eigenvalue weighted by atomic mass is 10.2. The molecule has 1 heterocycles. The van der Waals surface area contributed by atoms with Crippen LogP contribution in [0.5, 0.6) is 0 Å². The number of benzene rings is 1. The zero-order valence-corrected chi connectivity index (χ0v) is 15.2. The van der Waals surface area contributed by atoms with Gasteiger partial charge < -0.3 is 9.47 Å². The minimum Gasteiger partial charge on any atom is -0.459 e. The quantitative estimate of drug-likeness (QED) is 0.591. The maximum Gasteiger partial charge on any atom is 0.411 e. The number of halogens is 1. The summed E-state index contributed by atoms with van der Waals surface area (Å²) in [6.45, 7) is 6.03. The van der Waals surface area contributed by atoms with E-state index in [0.29, 0.717) is 13.0 Å². The Morgan fingerprint density at radius 2 is 1.91 bits per heavy atom. The summed E-state index contributed by atoms with van der Waals surface area (Å²) in [7, 11) is 0. The zero-order valence-electron chi connectivity index (χ0n) is 13.6. The number of carbonyl (C=O) groups is 2. The van der Waals surface area contributed by atoms with E-state index >= 15 is 0 Å². The molecule has 1 fully saturated rings. The number of nitrogens with zero attached hydrogens (tertiary/aromatic N) is 1. The van der Waals surface area contributed by atoms with Gasteiger partial charge in [-0.3, -0.25) is 4.90 Å². The molecule has 23 heavy (non-hydrogen) atoms. The number of rotatable bonds is 3. The highest BCUT2D eigenvalue weighted by Gasteiger charge is 2.41. The van der Waals surface area contributed by atoms with E-state index in [0.717, 1.165) is 5.56 Å². The lowest BCUT2D eigenvalue weighted by Gasteiger charge is -2.27. The molecule has 6 heteroatoms. The van der Waals surface area contributed by atoms with Gasteiger partial charge in [0.05, 0.1) is 0 Å². The summed E-state index contributed by atoms with van der Waals surface area (Å²) in [6, 6.07) is 8.85. The molecule has 0 aromatic heterocycles. The van der Waals surface area contributed by atoms with Gasteiger partial charge in [0, 0.05) is 11.4 Å². The van der Waals surface area contributed by atoms with E-state index in [2.05, 4.69) is 15.9 Å². The van der Waals surface area contributed by atoms with Crippen molar-refractivity contribution in [3.8, 4) is 0 Å². The summed E-state index contributed by atoms with van der Waals surface area (Å²) in [5.41, 5.74) is 0.318. The lowest BCUT2D eigenvalue weighted by molar-refractivity contribution is -0.150. The molecule has 0 bridgehead atoms. The third kappa shape index (κ3) is 5.23. The summed E-state index contributed by atoms with van der Waals surface area (Å²) >= 11 is 3.47. The van der Waals surface area contributed by atoms with Crippen molar-refractivity contribution in [3.05, 3.63) is 35.9 Å². The van der Waals surface area contributed by atoms with Crippen LogP contribution < -0.4 is 0 Å². The molecule has 1 saturated heterocycles. The minimum absolute atomic E-state index is 0.0595. The van der Waals surface area contributed by atoms with Crippen LogP contribution in [0.1, 0.15) is 32.8 Å². The molecule has 0 aliphatic carbocycles. The molecule has 2 atom stereocenters. The minimum atomic E-state index is -0.613. The molecule has 1 aromatic rings. The summed E-state index contributed by atoms with van der Waals surface area (Å²) in [5.74, 6) is -0.401. The van der Waals surface area contributed by atoms with Gasteiger partial charge in [-0.25, -0.2) is 9.59 Å². The Bertz CT molecular complexity index is 555. The van der Waals surface area contributed by atoms with Crippen molar-refractivity contribution in [3.63, 3.8) is 0 Å². The Morgan fingerprint density at radius 3 is 2.52 bits per heavy atom. The first-order chi connectivity index (χ1) is 10.8.